The van der Waals surface area contributed by atoms with E-state index in [1.165, 1.54) is 32.2 Å². The fraction of sp³-hybridized carbons (Fsp3) is 0.464. The Kier molecular flexibility index (Phi) is 9.00. The van der Waals surface area contributed by atoms with Gasteiger partial charge in [-0.3, -0.25) is 4.79 Å². The lowest BCUT2D eigenvalue weighted by Crippen LogP contribution is -2.61. The van der Waals surface area contributed by atoms with Crippen LogP contribution in [0.5, 0.6) is 34.5 Å². The van der Waals surface area contributed by atoms with Crippen LogP contribution >= 0.6 is 0 Å². The van der Waals surface area contributed by atoms with Gasteiger partial charge in [0.15, 0.2) is 34.9 Å². The smallest absolute Gasteiger partial charge is 0.239 e. The SMILES string of the molecule is COc1cc(-c2oc3c(O)c(O)cc(O)c3c(=O)c2O[C@@H]2O[C@H](CO[C@H]3O[C@@H](C)[C@H](O)[C@@H](O)[C@H]3O)[C@@H](O)[C@H](O)[C@H]2O)ccc1O. The Morgan fingerprint density at radius 3 is 2.13 bits per heavy atom. The molecule has 3 heterocycles. The van der Waals surface area contributed by atoms with Crippen LogP contribution in [0.2, 0.25) is 0 Å². The summed E-state index contributed by atoms with van der Waals surface area (Å²) < 4.78 is 33.0. The lowest BCUT2D eigenvalue weighted by Gasteiger charge is -2.42. The second-order valence-electron chi connectivity index (χ2n) is 10.6. The molecule has 246 valence electrons. The van der Waals surface area contributed by atoms with Crippen LogP contribution < -0.4 is 14.9 Å². The van der Waals surface area contributed by atoms with Crippen molar-refractivity contribution < 1.29 is 79.2 Å². The highest BCUT2D eigenvalue weighted by Gasteiger charge is 2.48. The first-order valence-corrected chi connectivity index (χ1v) is 13.5. The second kappa shape index (κ2) is 12.5. The number of aromatic hydroxyl groups is 4. The van der Waals surface area contributed by atoms with Crippen LogP contribution in [0, 0.1) is 0 Å². The van der Waals surface area contributed by atoms with E-state index in [9.17, 15) is 55.9 Å². The Labute approximate surface area is 252 Å². The number of benzene rings is 2. The van der Waals surface area contributed by atoms with Crippen molar-refractivity contribution in [2.75, 3.05) is 13.7 Å². The van der Waals surface area contributed by atoms with Crippen LogP contribution in [-0.4, -0.2) is 126 Å². The summed E-state index contributed by atoms with van der Waals surface area (Å²) >= 11 is 0. The summed E-state index contributed by atoms with van der Waals surface area (Å²) in [5, 5.41) is 102. The third kappa shape index (κ3) is 5.81. The number of phenolic OH excluding ortho intramolecular Hbond substituents is 4. The molecule has 0 bridgehead atoms. The zero-order valence-electron chi connectivity index (χ0n) is 23.6. The van der Waals surface area contributed by atoms with Crippen molar-refractivity contribution in [3.8, 4) is 45.8 Å². The van der Waals surface area contributed by atoms with Crippen LogP contribution in [0.25, 0.3) is 22.3 Å². The molecule has 0 unspecified atom stereocenters. The minimum absolute atomic E-state index is 0.00458. The molecule has 3 aromatic rings. The molecular weight excluding hydrogens is 608 g/mol. The first-order chi connectivity index (χ1) is 21.2. The summed E-state index contributed by atoms with van der Waals surface area (Å²) in [7, 11) is 1.25. The van der Waals surface area contributed by atoms with E-state index in [0.29, 0.717) is 6.07 Å². The Morgan fingerprint density at radius 2 is 1.44 bits per heavy atom. The molecule has 17 heteroatoms. The summed E-state index contributed by atoms with van der Waals surface area (Å²) in [6.07, 6.45) is -16.3. The van der Waals surface area contributed by atoms with Crippen molar-refractivity contribution in [1.82, 2.24) is 0 Å². The van der Waals surface area contributed by atoms with Crippen molar-refractivity contribution >= 4 is 11.0 Å². The molecule has 2 aliphatic heterocycles. The van der Waals surface area contributed by atoms with E-state index in [0.717, 1.165) is 0 Å². The molecule has 10 atom stereocenters. The Bertz CT molecular complexity index is 1610. The van der Waals surface area contributed by atoms with Gasteiger partial charge in [-0.05, 0) is 25.1 Å². The maximum Gasteiger partial charge on any atom is 0.239 e. The van der Waals surface area contributed by atoms with Gasteiger partial charge >= 0.3 is 0 Å². The fourth-order valence-corrected chi connectivity index (χ4v) is 5.03. The summed E-state index contributed by atoms with van der Waals surface area (Å²) in [4.78, 5) is 13.7. The van der Waals surface area contributed by atoms with Gasteiger partial charge in [-0.25, -0.2) is 0 Å². The minimum Gasteiger partial charge on any atom is -0.507 e. The molecule has 2 aliphatic rings. The first-order valence-electron chi connectivity index (χ1n) is 13.5. The Morgan fingerprint density at radius 1 is 0.778 bits per heavy atom. The number of phenols is 4. The van der Waals surface area contributed by atoms with Crippen LogP contribution in [0.15, 0.2) is 33.5 Å². The van der Waals surface area contributed by atoms with E-state index < -0.39 is 113 Å². The van der Waals surface area contributed by atoms with Crippen LogP contribution in [-0.2, 0) is 14.2 Å². The molecule has 0 saturated carbocycles. The van der Waals surface area contributed by atoms with E-state index in [1.54, 1.807) is 0 Å². The third-order valence-electron chi connectivity index (χ3n) is 7.64. The van der Waals surface area contributed by atoms with Gasteiger partial charge in [0.1, 0.15) is 53.9 Å². The number of aliphatic hydroxyl groups is 6. The molecule has 0 radical (unpaired) electrons. The number of ether oxygens (including phenoxy) is 5. The van der Waals surface area contributed by atoms with Crippen molar-refractivity contribution in [3.63, 3.8) is 0 Å². The van der Waals surface area contributed by atoms with Crippen LogP contribution in [0.3, 0.4) is 0 Å². The quantitative estimate of drug-likeness (QED) is 0.102. The standard InChI is InChI=1S/C28H32O17/c1-8-16(32)20(36)22(38)27(42-8)41-7-14-18(34)21(37)23(39)28(43-14)45-26-19(35)15-11(30)6-12(31)17(33)25(15)44-24(26)9-3-4-10(29)13(5-9)40-2/h3-6,8,14,16,18,20-23,27-34,36-39H,7H2,1-2H3/t8-,14+,16-,18+,20+,21-,22+,23+,27-,28-/m0/s1. The average Bonchev–Trinajstić information content (AvgIpc) is 3.01. The number of methoxy groups -OCH3 is 1. The van der Waals surface area contributed by atoms with Crippen molar-refractivity contribution in [3.05, 3.63) is 34.5 Å². The van der Waals surface area contributed by atoms with Gasteiger partial charge in [-0.2, -0.15) is 0 Å². The lowest BCUT2D eigenvalue weighted by atomic mass is 9.98. The highest BCUT2D eigenvalue weighted by atomic mass is 16.7. The second-order valence-corrected chi connectivity index (χ2v) is 10.6. The van der Waals surface area contributed by atoms with Crippen molar-refractivity contribution in [1.29, 1.82) is 0 Å². The molecule has 17 nitrogen and oxygen atoms in total. The first kappa shape index (κ1) is 32.5. The molecule has 5 rings (SSSR count). The summed E-state index contributed by atoms with van der Waals surface area (Å²) in [5.74, 6) is -4.10. The fourth-order valence-electron chi connectivity index (χ4n) is 5.03. The third-order valence-corrected chi connectivity index (χ3v) is 7.64. The van der Waals surface area contributed by atoms with Gasteiger partial charge in [-0.15, -0.1) is 0 Å². The highest BCUT2D eigenvalue weighted by molar-refractivity contribution is 5.93. The summed E-state index contributed by atoms with van der Waals surface area (Å²) in [6.45, 7) is 0.797. The monoisotopic (exact) mass is 640 g/mol. The highest BCUT2D eigenvalue weighted by Crippen LogP contribution is 2.43. The molecule has 0 spiro atoms. The normalized spacial score (nSPS) is 32.0. The number of hydrogen-bond acceptors (Lipinski definition) is 17. The van der Waals surface area contributed by atoms with E-state index >= 15 is 0 Å². The lowest BCUT2D eigenvalue weighted by molar-refractivity contribution is -0.318. The van der Waals surface area contributed by atoms with Gasteiger partial charge in [0, 0.05) is 11.6 Å². The summed E-state index contributed by atoms with van der Waals surface area (Å²) in [5.41, 5.74) is -1.77. The predicted octanol–water partition coefficient (Wildman–Crippen LogP) is -1.68. The Balaban J connectivity index is 1.52. The molecule has 2 aromatic carbocycles. The average molecular weight is 641 g/mol. The molecule has 0 amide bonds. The molecule has 10 N–H and O–H groups in total. The van der Waals surface area contributed by atoms with Crippen molar-refractivity contribution in [2.45, 2.75) is 68.3 Å². The number of aliphatic hydroxyl groups excluding tert-OH is 6. The minimum atomic E-state index is -2.00. The van der Waals surface area contributed by atoms with Gasteiger partial charge < -0.3 is 79.2 Å². The number of hydrogen-bond donors (Lipinski definition) is 10. The van der Waals surface area contributed by atoms with Gasteiger partial charge in [0.25, 0.3) is 0 Å². The van der Waals surface area contributed by atoms with E-state index in [4.69, 9.17) is 28.1 Å². The van der Waals surface area contributed by atoms with Crippen LogP contribution in [0.4, 0.5) is 0 Å². The predicted molar refractivity (Wildman–Crippen MR) is 147 cm³/mol. The van der Waals surface area contributed by atoms with E-state index in [1.807, 2.05) is 0 Å². The maximum absolute atomic E-state index is 13.7. The van der Waals surface area contributed by atoms with E-state index in [2.05, 4.69) is 0 Å². The van der Waals surface area contributed by atoms with Crippen molar-refractivity contribution in [2.24, 2.45) is 0 Å². The molecule has 1 aromatic heterocycles. The zero-order chi connectivity index (χ0) is 32.9. The Hall–Kier alpha value is -3.91. The van der Waals surface area contributed by atoms with Gasteiger partial charge in [0.2, 0.25) is 23.2 Å². The summed E-state index contributed by atoms with van der Waals surface area (Å²) in [6, 6.07) is 4.35. The number of rotatable bonds is 7. The molecule has 0 aliphatic carbocycles. The molecule has 2 fully saturated rings. The van der Waals surface area contributed by atoms with Gasteiger partial charge in [-0.1, -0.05) is 0 Å². The molecule has 2 saturated heterocycles. The number of fused-ring (bicyclic) bond motifs is 1. The molecular formula is C28H32O17. The largest absolute Gasteiger partial charge is 0.507 e. The molecule has 45 heavy (non-hydrogen) atoms. The topological polar surface area (TPSA) is 279 Å². The van der Waals surface area contributed by atoms with Gasteiger partial charge in [0.05, 0.1) is 19.8 Å². The van der Waals surface area contributed by atoms with E-state index in [-0.39, 0.29) is 17.1 Å². The maximum atomic E-state index is 13.7. The van der Waals surface area contributed by atoms with Crippen LogP contribution in [0.1, 0.15) is 6.92 Å². The zero-order valence-corrected chi connectivity index (χ0v) is 23.6.